The average Bonchev–Trinajstić information content (AvgIpc) is 3.10. The van der Waals surface area contributed by atoms with Crippen LogP contribution in [0.15, 0.2) is 36.4 Å². The zero-order valence-electron chi connectivity index (χ0n) is 15.8. The molecule has 7 nitrogen and oxygen atoms in total. The van der Waals surface area contributed by atoms with E-state index < -0.39 is 17.6 Å². The van der Waals surface area contributed by atoms with Crippen LogP contribution in [0.4, 0.5) is 15.8 Å². The minimum Gasteiger partial charge on any atom is -0.493 e. The molecular weight excluding hydrogens is 367 g/mol. The zero-order valence-corrected chi connectivity index (χ0v) is 15.8. The molecule has 1 heterocycles. The number of hydrogen-bond acceptors (Lipinski definition) is 5. The van der Waals surface area contributed by atoms with Crippen LogP contribution in [0.5, 0.6) is 17.2 Å². The van der Waals surface area contributed by atoms with Gasteiger partial charge in [0.05, 0.1) is 38.6 Å². The monoisotopic (exact) mass is 388 g/mol. The third kappa shape index (κ3) is 3.71. The standard InChI is InChI=1S/C20H21FN2O5/c1-26-16-9-13(10-17(27-2)19(16)28-3)23-11-12(8-18(23)24)20(25)22-15-7-5-4-6-14(15)21/h4-7,9-10,12H,8,11H2,1-3H3,(H,22,25)/t12-/m1/s1. The van der Waals surface area contributed by atoms with Gasteiger partial charge < -0.3 is 24.4 Å². The molecule has 0 unspecified atom stereocenters. The van der Waals surface area contributed by atoms with Gasteiger partial charge in [-0.3, -0.25) is 9.59 Å². The maximum atomic E-state index is 13.8. The van der Waals surface area contributed by atoms with Crippen LogP contribution >= 0.6 is 0 Å². The molecule has 1 N–H and O–H groups in total. The van der Waals surface area contributed by atoms with Crippen LogP contribution in [0.1, 0.15) is 6.42 Å². The Labute approximate surface area is 162 Å². The van der Waals surface area contributed by atoms with Crippen molar-refractivity contribution in [3.05, 3.63) is 42.2 Å². The molecule has 0 aliphatic carbocycles. The van der Waals surface area contributed by atoms with Crippen LogP contribution in [0.25, 0.3) is 0 Å². The molecule has 2 amide bonds. The molecule has 1 saturated heterocycles. The van der Waals surface area contributed by atoms with Gasteiger partial charge in [-0.1, -0.05) is 12.1 Å². The minimum absolute atomic E-state index is 0.0247. The number of anilines is 2. The molecule has 148 valence electrons. The van der Waals surface area contributed by atoms with Crippen molar-refractivity contribution in [1.29, 1.82) is 0 Å². The van der Waals surface area contributed by atoms with E-state index >= 15 is 0 Å². The van der Waals surface area contributed by atoms with Gasteiger partial charge in [-0.15, -0.1) is 0 Å². The van der Waals surface area contributed by atoms with Gasteiger partial charge in [0.1, 0.15) is 5.82 Å². The number of nitrogens with zero attached hydrogens (tertiary/aromatic N) is 1. The van der Waals surface area contributed by atoms with Crippen molar-refractivity contribution in [2.45, 2.75) is 6.42 Å². The van der Waals surface area contributed by atoms with E-state index in [2.05, 4.69) is 5.32 Å². The molecule has 0 aromatic heterocycles. The first-order chi connectivity index (χ1) is 13.5. The Morgan fingerprint density at radius 3 is 2.32 bits per heavy atom. The summed E-state index contributed by atoms with van der Waals surface area (Å²) in [7, 11) is 4.46. The first kappa shape index (κ1) is 19.5. The number of methoxy groups -OCH3 is 3. The van der Waals surface area contributed by atoms with E-state index in [1.165, 1.54) is 44.4 Å². The van der Waals surface area contributed by atoms with Crippen molar-refractivity contribution in [1.82, 2.24) is 0 Å². The van der Waals surface area contributed by atoms with E-state index in [1.807, 2.05) is 0 Å². The number of halogens is 1. The van der Waals surface area contributed by atoms with E-state index in [-0.39, 0.29) is 24.6 Å². The fourth-order valence-corrected chi connectivity index (χ4v) is 3.15. The van der Waals surface area contributed by atoms with Gasteiger partial charge in [0.15, 0.2) is 11.5 Å². The van der Waals surface area contributed by atoms with Gasteiger partial charge in [0.25, 0.3) is 0 Å². The van der Waals surface area contributed by atoms with Gasteiger partial charge in [-0.2, -0.15) is 0 Å². The fourth-order valence-electron chi connectivity index (χ4n) is 3.15. The summed E-state index contributed by atoms with van der Waals surface area (Å²) in [6.07, 6.45) is 0.0247. The first-order valence-corrected chi connectivity index (χ1v) is 8.64. The molecular formula is C20H21FN2O5. The highest BCUT2D eigenvalue weighted by molar-refractivity contribution is 6.03. The van der Waals surface area contributed by atoms with Gasteiger partial charge in [0, 0.05) is 25.1 Å². The predicted octanol–water partition coefficient (Wildman–Crippen LogP) is 2.84. The fraction of sp³-hybridized carbons (Fsp3) is 0.300. The van der Waals surface area contributed by atoms with Gasteiger partial charge >= 0.3 is 0 Å². The number of hydrogen-bond donors (Lipinski definition) is 1. The highest BCUT2D eigenvalue weighted by Gasteiger charge is 2.36. The van der Waals surface area contributed by atoms with Crippen LogP contribution in [0, 0.1) is 11.7 Å². The molecule has 0 saturated carbocycles. The van der Waals surface area contributed by atoms with Crippen molar-refractivity contribution in [3.8, 4) is 17.2 Å². The molecule has 28 heavy (non-hydrogen) atoms. The van der Waals surface area contributed by atoms with Crippen LogP contribution in [0.3, 0.4) is 0 Å². The Balaban J connectivity index is 1.81. The molecule has 0 spiro atoms. The van der Waals surface area contributed by atoms with Crippen molar-refractivity contribution in [3.63, 3.8) is 0 Å². The van der Waals surface area contributed by atoms with E-state index in [4.69, 9.17) is 14.2 Å². The van der Waals surface area contributed by atoms with Crippen molar-refractivity contribution >= 4 is 23.2 Å². The Hall–Kier alpha value is -3.29. The van der Waals surface area contributed by atoms with Crippen molar-refractivity contribution in [2.24, 2.45) is 5.92 Å². The lowest BCUT2D eigenvalue weighted by molar-refractivity contribution is -0.122. The molecule has 3 rings (SSSR count). The largest absolute Gasteiger partial charge is 0.493 e. The number of carbonyl (C=O) groups is 2. The summed E-state index contributed by atoms with van der Waals surface area (Å²) in [4.78, 5) is 26.5. The number of benzene rings is 2. The van der Waals surface area contributed by atoms with Crippen LogP contribution in [-0.2, 0) is 9.59 Å². The number of para-hydroxylation sites is 1. The molecule has 8 heteroatoms. The number of carbonyl (C=O) groups excluding carboxylic acids is 2. The second kappa shape index (κ2) is 8.16. The molecule has 1 atom stereocenters. The van der Waals surface area contributed by atoms with Crippen molar-refractivity contribution < 1.29 is 28.2 Å². The smallest absolute Gasteiger partial charge is 0.229 e. The predicted molar refractivity (Wildman–Crippen MR) is 102 cm³/mol. The molecule has 0 bridgehead atoms. The topological polar surface area (TPSA) is 77.1 Å². The summed E-state index contributed by atoms with van der Waals surface area (Å²) in [6, 6.07) is 9.20. The molecule has 2 aromatic rings. The van der Waals surface area contributed by atoms with E-state index in [1.54, 1.807) is 18.2 Å². The van der Waals surface area contributed by atoms with Crippen molar-refractivity contribution in [2.75, 3.05) is 38.1 Å². The summed E-state index contributed by atoms with van der Waals surface area (Å²) in [5, 5.41) is 2.55. The van der Waals surface area contributed by atoms with E-state index in [9.17, 15) is 14.0 Å². The summed E-state index contributed by atoms with van der Waals surface area (Å²) in [5.41, 5.74) is 0.617. The lowest BCUT2D eigenvalue weighted by Gasteiger charge is -2.20. The lowest BCUT2D eigenvalue weighted by atomic mass is 10.1. The Kier molecular flexibility index (Phi) is 5.67. The number of nitrogens with one attached hydrogen (secondary N) is 1. The van der Waals surface area contributed by atoms with Gasteiger partial charge in [-0.05, 0) is 12.1 Å². The maximum absolute atomic E-state index is 13.8. The summed E-state index contributed by atoms with van der Waals surface area (Å²) >= 11 is 0. The quantitative estimate of drug-likeness (QED) is 0.824. The normalized spacial score (nSPS) is 16.1. The third-order valence-corrected chi connectivity index (χ3v) is 4.59. The molecule has 1 fully saturated rings. The second-order valence-electron chi connectivity index (χ2n) is 6.26. The van der Waals surface area contributed by atoms with E-state index in [0.717, 1.165) is 0 Å². The minimum atomic E-state index is -0.605. The van der Waals surface area contributed by atoms with Crippen LogP contribution < -0.4 is 24.4 Å². The SMILES string of the molecule is COc1cc(N2C[C@H](C(=O)Nc3ccccc3F)CC2=O)cc(OC)c1OC. The Morgan fingerprint density at radius 2 is 1.75 bits per heavy atom. The molecule has 2 aromatic carbocycles. The Bertz CT molecular complexity index is 877. The number of rotatable bonds is 6. The third-order valence-electron chi connectivity index (χ3n) is 4.59. The van der Waals surface area contributed by atoms with E-state index in [0.29, 0.717) is 22.9 Å². The summed E-state index contributed by atoms with van der Waals surface area (Å²) in [5.74, 6) is -0.536. The molecule has 1 aliphatic rings. The highest BCUT2D eigenvalue weighted by atomic mass is 19.1. The lowest BCUT2D eigenvalue weighted by Crippen LogP contribution is -2.28. The first-order valence-electron chi connectivity index (χ1n) is 8.64. The average molecular weight is 388 g/mol. The number of ether oxygens (including phenoxy) is 3. The molecule has 1 aliphatic heterocycles. The maximum Gasteiger partial charge on any atom is 0.229 e. The summed E-state index contributed by atoms with van der Waals surface area (Å²) < 4.78 is 29.7. The number of amides is 2. The van der Waals surface area contributed by atoms with Gasteiger partial charge in [-0.25, -0.2) is 4.39 Å². The van der Waals surface area contributed by atoms with Crippen LogP contribution in [-0.4, -0.2) is 39.7 Å². The zero-order chi connectivity index (χ0) is 20.3. The Morgan fingerprint density at radius 1 is 1.11 bits per heavy atom. The summed E-state index contributed by atoms with van der Waals surface area (Å²) in [6.45, 7) is 0.164. The van der Waals surface area contributed by atoms with Crippen LogP contribution in [0.2, 0.25) is 0 Å². The molecule has 0 radical (unpaired) electrons. The van der Waals surface area contributed by atoms with Gasteiger partial charge in [0.2, 0.25) is 17.6 Å². The highest BCUT2D eigenvalue weighted by Crippen LogP contribution is 2.42. The second-order valence-corrected chi connectivity index (χ2v) is 6.26.